The number of rotatable bonds is 7. The Morgan fingerprint density at radius 1 is 1.31 bits per heavy atom. The molecule has 1 aliphatic rings. The average Bonchev–Trinajstić information content (AvgIpc) is 2.58. The second-order valence-electron chi connectivity index (χ2n) is 6.59. The molecule has 4 N–H and O–H groups in total. The summed E-state index contributed by atoms with van der Waals surface area (Å²) < 4.78 is 5.62. The molecule has 1 aliphatic carbocycles. The lowest BCUT2D eigenvalue weighted by Crippen LogP contribution is -2.75. The second kappa shape index (κ2) is 10.1. The van der Waals surface area contributed by atoms with Crippen molar-refractivity contribution >= 4 is 36.6 Å². The van der Waals surface area contributed by atoms with Gasteiger partial charge in [0.2, 0.25) is 5.91 Å². The van der Waals surface area contributed by atoms with Crippen LogP contribution in [-0.4, -0.2) is 48.1 Å². The van der Waals surface area contributed by atoms with Crippen molar-refractivity contribution < 1.29 is 14.3 Å². The number of nitrogens with two attached hydrogens (primary N) is 1. The lowest BCUT2D eigenvalue weighted by molar-refractivity contribution is -0.170. The van der Waals surface area contributed by atoms with Gasteiger partial charge < -0.3 is 21.1 Å². The Morgan fingerprint density at radius 3 is 2.50 bits per heavy atom. The zero-order valence-electron chi connectivity index (χ0n) is 15.3. The van der Waals surface area contributed by atoms with E-state index in [0.717, 1.165) is 0 Å². The van der Waals surface area contributed by atoms with E-state index in [0.29, 0.717) is 31.7 Å². The Labute approximate surface area is 166 Å². The topological polar surface area (TPSA) is 106 Å². The van der Waals surface area contributed by atoms with Crippen LogP contribution in [0.1, 0.15) is 37.6 Å². The smallest absolute Gasteiger partial charge is 0.252 e. The zero-order valence-corrected chi connectivity index (χ0v) is 16.9. The lowest BCUT2D eigenvalue weighted by Gasteiger charge is -2.57. The van der Waals surface area contributed by atoms with Crippen LogP contribution in [0.5, 0.6) is 0 Å². The second-order valence-corrected chi connectivity index (χ2v) is 6.59. The third-order valence-corrected chi connectivity index (χ3v) is 4.85. The van der Waals surface area contributed by atoms with Crippen molar-refractivity contribution in [2.75, 3.05) is 19.7 Å². The van der Waals surface area contributed by atoms with Gasteiger partial charge in [-0.3, -0.25) is 14.6 Å². The van der Waals surface area contributed by atoms with Gasteiger partial charge in [0.15, 0.2) is 0 Å². The Morgan fingerprint density at radius 2 is 1.96 bits per heavy atom. The molecule has 9 heteroatoms. The van der Waals surface area contributed by atoms with Gasteiger partial charge >= 0.3 is 0 Å². The number of halogens is 2. The molecule has 1 heterocycles. The number of amides is 2. The van der Waals surface area contributed by atoms with Gasteiger partial charge in [-0.25, -0.2) is 0 Å². The van der Waals surface area contributed by atoms with Crippen LogP contribution in [0.25, 0.3) is 0 Å². The van der Waals surface area contributed by atoms with Gasteiger partial charge in [-0.05, 0) is 19.1 Å². The maximum Gasteiger partial charge on any atom is 0.252 e. The molecule has 2 unspecified atom stereocenters. The summed E-state index contributed by atoms with van der Waals surface area (Å²) in [5.74, 6) is -0.431. The molecule has 0 bridgehead atoms. The predicted octanol–water partition coefficient (Wildman–Crippen LogP) is 1.30. The quantitative estimate of drug-likeness (QED) is 0.591. The molecule has 1 aromatic rings. The number of nitrogens with one attached hydrogen (secondary N) is 2. The van der Waals surface area contributed by atoms with E-state index >= 15 is 0 Å². The highest BCUT2D eigenvalue weighted by Gasteiger charge is 2.62. The molecule has 0 aliphatic heterocycles. The van der Waals surface area contributed by atoms with Gasteiger partial charge in [0.25, 0.3) is 5.91 Å². The summed E-state index contributed by atoms with van der Waals surface area (Å²) in [5, 5.41) is 5.53. The molecule has 7 nitrogen and oxygen atoms in total. The molecule has 1 saturated carbocycles. The van der Waals surface area contributed by atoms with Crippen LogP contribution in [0.3, 0.4) is 0 Å². The number of carbonyl (C=O) groups is 2. The summed E-state index contributed by atoms with van der Waals surface area (Å²) in [5.41, 5.74) is 5.41. The molecule has 148 valence electrons. The van der Waals surface area contributed by atoms with E-state index in [4.69, 9.17) is 10.5 Å². The Kier molecular flexibility index (Phi) is 9.52. The maximum absolute atomic E-state index is 12.4. The lowest BCUT2D eigenvalue weighted by atomic mass is 9.54. The van der Waals surface area contributed by atoms with E-state index in [1.54, 1.807) is 18.3 Å². The molecule has 0 spiro atoms. The number of pyridine rings is 1. The van der Waals surface area contributed by atoms with E-state index in [9.17, 15) is 9.59 Å². The minimum atomic E-state index is -0.944. The van der Waals surface area contributed by atoms with E-state index in [1.807, 2.05) is 20.8 Å². The van der Waals surface area contributed by atoms with Gasteiger partial charge in [-0.2, -0.15) is 0 Å². The number of aromatic nitrogens is 1. The Bertz CT molecular complexity index is 601. The monoisotopic (exact) mass is 406 g/mol. The first-order chi connectivity index (χ1) is 11.3. The van der Waals surface area contributed by atoms with Crippen LogP contribution in [-0.2, 0) is 9.53 Å². The molecule has 1 fully saturated rings. The Hall–Kier alpha value is -1.41. The van der Waals surface area contributed by atoms with Crippen molar-refractivity contribution in [1.82, 2.24) is 15.6 Å². The van der Waals surface area contributed by atoms with E-state index in [1.165, 1.54) is 6.20 Å². The van der Waals surface area contributed by atoms with E-state index in [-0.39, 0.29) is 42.7 Å². The molecule has 2 rings (SSSR count). The van der Waals surface area contributed by atoms with E-state index in [2.05, 4.69) is 15.6 Å². The minimum Gasteiger partial charge on any atom is -0.378 e. The van der Waals surface area contributed by atoms with Gasteiger partial charge in [0, 0.05) is 43.9 Å². The molecule has 0 saturated heterocycles. The van der Waals surface area contributed by atoms with Crippen molar-refractivity contribution in [1.29, 1.82) is 0 Å². The number of hydrogen-bond donors (Lipinski definition) is 3. The summed E-state index contributed by atoms with van der Waals surface area (Å²) in [6.07, 6.45) is 3.59. The Balaban J connectivity index is 0.00000312. The molecule has 26 heavy (non-hydrogen) atoms. The van der Waals surface area contributed by atoms with Crippen LogP contribution < -0.4 is 16.4 Å². The van der Waals surface area contributed by atoms with Crippen LogP contribution in [0, 0.1) is 5.41 Å². The zero-order chi connectivity index (χ0) is 17.8. The number of ether oxygens (including phenoxy) is 1. The number of hydrogen-bond acceptors (Lipinski definition) is 5. The summed E-state index contributed by atoms with van der Waals surface area (Å²) in [6, 6.07) is 3.38. The summed E-state index contributed by atoms with van der Waals surface area (Å²) in [6.45, 7) is 7.06. The molecule has 0 aromatic carbocycles. The molecular weight excluding hydrogens is 379 g/mol. The van der Waals surface area contributed by atoms with Gasteiger partial charge in [-0.15, -0.1) is 24.8 Å². The molecule has 1 aromatic heterocycles. The molecule has 0 radical (unpaired) electrons. The van der Waals surface area contributed by atoms with Gasteiger partial charge in [0.1, 0.15) is 5.54 Å². The van der Waals surface area contributed by atoms with Crippen LogP contribution in [0.4, 0.5) is 0 Å². The van der Waals surface area contributed by atoms with Gasteiger partial charge in [0.05, 0.1) is 11.7 Å². The predicted molar refractivity (Wildman–Crippen MR) is 105 cm³/mol. The highest BCUT2D eigenvalue weighted by molar-refractivity contribution is 5.94. The van der Waals surface area contributed by atoms with Gasteiger partial charge in [-0.1, -0.05) is 13.8 Å². The van der Waals surface area contributed by atoms with Crippen LogP contribution >= 0.6 is 24.8 Å². The number of carbonyl (C=O) groups excluding carboxylic acids is 2. The van der Waals surface area contributed by atoms with Crippen molar-refractivity contribution in [3.63, 3.8) is 0 Å². The van der Waals surface area contributed by atoms with Crippen molar-refractivity contribution in [3.05, 3.63) is 30.1 Å². The maximum atomic E-state index is 12.4. The summed E-state index contributed by atoms with van der Waals surface area (Å²) in [4.78, 5) is 28.2. The highest BCUT2D eigenvalue weighted by Crippen LogP contribution is 2.49. The molecule has 2 atom stereocenters. The van der Waals surface area contributed by atoms with Crippen molar-refractivity contribution in [2.45, 2.75) is 38.8 Å². The summed E-state index contributed by atoms with van der Waals surface area (Å²) in [7, 11) is 0. The van der Waals surface area contributed by atoms with Crippen molar-refractivity contribution in [3.8, 4) is 0 Å². The van der Waals surface area contributed by atoms with Crippen molar-refractivity contribution in [2.24, 2.45) is 11.1 Å². The van der Waals surface area contributed by atoms with Crippen LogP contribution in [0.15, 0.2) is 24.5 Å². The minimum absolute atomic E-state index is 0. The first-order valence-corrected chi connectivity index (χ1v) is 8.20. The first-order valence-electron chi connectivity index (χ1n) is 8.20. The fourth-order valence-electron chi connectivity index (χ4n) is 2.93. The standard InChI is InChI=1S/C17H26N4O3.2ClH/c1-4-24-13-10-17(18,16(13,2)3)15(23)21-9-8-20-14(22)12-6-5-7-19-11-12;;/h5-7,11,13H,4,8-10,18H2,1-3H3,(H,20,22)(H,21,23);2*1H. The third-order valence-electron chi connectivity index (χ3n) is 4.85. The molecular formula is C17H28Cl2N4O3. The fourth-order valence-corrected chi connectivity index (χ4v) is 2.93. The highest BCUT2D eigenvalue weighted by atomic mass is 35.5. The average molecular weight is 407 g/mol. The SMILES string of the molecule is CCOC1CC(N)(C(=O)NCCNC(=O)c2cccnc2)C1(C)C.Cl.Cl. The van der Waals surface area contributed by atoms with Crippen LogP contribution in [0.2, 0.25) is 0 Å². The number of nitrogens with zero attached hydrogens (tertiary/aromatic N) is 1. The van der Waals surface area contributed by atoms with E-state index < -0.39 is 11.0 Å². The molecule has 2 amide bonds. The first kappa shape index (κ1) is 24.6. The summed E-state index contributed by atoms with van der Waals surface area (Å²) >= 11 is 0. The third kappa shape index (κ3) is 4.85. The normalized spacial score (nSPS) is 22.8. The largest absolute Gasteiger partial charge is 0.378 e. The fraction of sp³-hybridized carbons (Fsp3) is 0.588.